The van der Waals surface area contributed by atoms with E-state index in [0.29, 0.717) is 6.42 Å². The number of nitrogens with one attached hydrogen (secondary N) is 1. The van der Waals surface area contributed by atoms with E-state index in [2.05, 4.69) is 5.32 Å². The second-order valence-electron chi connectivity index (χ2n) is 4.04. The molecule has 0 saturated heterocycles. The lowest BCUT2D eigenvalue weighted by atomic mass is 10.1. The van der Waals surface area contributed by atoms with Crippen molar-refractivity contribution in [2.45, 2.75) is 25.8 Å². The fraction of sp³-hybridized carbons (Fsp3) is 0.333. The monoisotopic (exact) mass is 300 g/mol. The standard InChI is InChI=1S/C12H13ClN2O5/c1-2-4-8(12(17)18)14-11(16)10-7(13)5-3-6-9(10)15(19)20/h3,5-6,8H,2,4H2,1H3,(H,14,16)(H,17,18). The van der Waals surface area contributed by atoms with Gasteiger partial charge in [-0.1, -0.05) is 31.0 Å². The van der Waals surface area contributed by atoms with Crippen molar-refractivity contribution in [3.63, 3.8) is 0 Å². The molecule has 0 saturated carbocycles. The number of benzene rings is 1. The van der Waals surface area contributed by atoms with Crippen LogP contribution in [-0.4, -0.2) is 27.9 Å². The van der Waals surface area contributed by atoms with Crippen molar-refractivity contribution in [3.05, 3.63) is 38.9 Å². The fourth-order valence-electron chi connectivity index (χ4n) is 1.67. The normalized spacial score (nSPS) is 11.7. The summed E-state index contributed by atoms with van der Waals surface area (Å²) < 4.78 is 0. The number of hydrogen-bond acceptors (Lipinski definition) is 4. The van der Waals surface area contributed by atoms with Gasteiger partial charge in [0.15, 0.2) is 0 Å². The molecule has 0 aromatic heterocycles. The highest BCUT2D eigenvalue weighted by atomic mass is 35.5. The number of amides is 1. The van der Waals surface area contributed by atoms with Crippen molar-refractivity contribution in [1.82, 2.24) is 5.32 Å². The number of nitrogens with zero attached hydrogens (tertiary/aromatic N) is 1. The highest BCUT2D eigenvalue weighted by Crippen LogP contribution is 2.26. The number of nitro groups is 1. The maximum atomic E-state index is 12.0. The van der Waals surface area contributed by atoms with Gasteiger partial charge in [-0.05, 0) is 12.5 Å². The predicted molar refractivity (Wildman–Crippen MR) is 71.9 cm³/mol. The van der Waals surface area contributed by atoms with Crippen molar-refractivity contribution < 1.29 is 19.6 Å². The second kappa shape index (κ2) is 6.85. The summed E-state index contributed by atoms with van der Waals surface area (Å²) in [7, 11) is 0. The van der Waals surface area contributed by atoms with E-state index in [4.69, 9.17) is 16.7 Å². The molecule has 7 nitrogen and oxygen atoms in total. The summed E-state index contributed by atoms with van der Waals surface area (Å²) in [4.78, 5) is 33.1. The molecule has 0 radical (unpaired) electrons. The largest absolute Gasteiger partial charge is 0.480 e. The van der Waals surface area contributed by atoms with Gasteiger partial charge < -0.3 is 10.4 Å². The molecule has 0 fully saturated rings. The molecule has 0 aliphatic carbocycles. The lowest BCUT2D eigenvalue weighted by molar-refractivity contribution is -0.385. The van der Waals surface area contributed by atoms with E-state index in [1.165, 1.54) is 12.1 Å². The maximum absolute atomic E-state index is 12.0. The van der Waals surface area contributed by atoms with E-state index in [1.54, 1.807) is 6.92 Å². The topological polar surface area (TPSA) is 110 Å². The Balaban J connectivity index is 3.09. The summed E-state index contributed by atoms with van der Waals surface area (Å²) in [5.41, 5.74) is -0.794. The van der Waals surface area contributed by atoms with Crippen LogP contribution >= 0.6 is 11.6 Å². The molecule has 2 N–H and O–H groups in total. The molecule has 108 valence electrons. The summed E-state index contributed by atoms with van der Waals surface area (Å²) in [5.74, 6) is -2.07. The van der Waals surface area contributed by atoms with Crippen molar-refractivity contribution in [3.8, 4) is 0 Å². The van der Waals surface area contributed by atoms with Crippen LogP contribution in [0.1, 0.15) is 30.1 Å². The van der Waals surface area contributed by atoms with Crippen LogP contribution in [0, 0.1) is 10.1 Å². The minimum absolute atomic E-state index is 0.0997. The molecule has 0 aliphatic heterocycles. The number of rotatable bonds is 6. The van der Waals surface area contributed by atoms with Gasteiger partial charge in [-0.25, -0.2) is 4.79 Å². The van der Waals surface area contributed by atoms with Crippen LogP contribution in [0.15, 0.2) is 18.2 Å². The maximum Gasteiger partial charge on any atom is 0.326 e. The lowest BCUT2D eigenvalue weighted by Crippen LogP contribution is -2.40. The molecular weight excluding hydrogens is 288 g/mol. The minimum Gasteiger partial charge on any atom is -0.480 e. The van der Waals surface area contributed by atoms with Gasteiger partial charge in [-0.2, -0.15) is 0 Å². The number of carbonyl (C=O) groups is 2. The van der Waals surface area contributed by atoms with Gasteiger partial charge in [0, 0.05) is 6.07 Å². The molecule has 0 spiro atoms. The Morgan fingerprint density at radius 2 is 2.15 bits per heavy atom. The summed E-state index contributed by atoms with van der Waals surface area (Å²) in [6, 6.07) is 2.70. The molecule has 1 aromatic rings. The number of carbonyl (C=O) groups excluding carboxylic acids is 1. The Kier molecular flexibility index (Phi) is 5.45. The molecular formula is C12H13ClN2O5. The molecule has 1 atom stereocenters. The van der Waals surface area contributed by atoms with Crippen LogP contribution < -0.4 is 5.32 Å². The summed E-state index contributed by atoms with van der Waals surface area (Å²) in [6.45, 7) is 1.76. The van der Waals surface area contributed by atoms with E-state index in [0.717, 1.165) is 6.07 Å². The molecule has 0 bridgehead atoms. The van der Waals surface area contributed by atoms with E-state index < -0.39 is 28.5 Å². The number of aliphatic carboxylic acids is 1. The highest BCUT2D eigenvalue weighted by Gasteiger charge is 2.27. The van der Waals surface area contributed by atoms with Gasteiger partial charge in [-0.3, -0.25) is 14.9 Å². The zero-order valence-electron chi connectivity index (χ0n) is 10.6. The van der Waals surface area contributed by atoms with Crippen LogP contribution in [0.2, 0.25) is 5.02 Å². The van der Waals surface area contributed by atoms with Crippen LogP contribution in [-0.2, 0) is 4.79 Å². The van der Waals surface area contributed by atoms with Crippen molar-refractivity contribution in [2.75, 3.05) is 0 Å². The first-order chi connectivity index (χ1) is 9.38. The van der Waals surface area contributed by atoms with Crippen LogP contribution in [0.25, 0.3) is 0 Å². The molecule has 1 unspecified atom stereocenters. The first kappa shape index (κ1) is 15.9. The Morgan fingerprint density at radius 1 is 1.50 bits per heavy atom. The van der Waals surface area contributed by atoms with E-state index in [9.17, 15) is 19.7 Å². The molecule has 1 aromatic carbocycles. The van der Waals surface area contributed by atoms with Crippen molar-refractivity contribution >= 4 is 29.2 Å². The van der Waals surface area contributed by atoms with Crippen molar-refractivity contribution in [1.29, 1.82) is 0 Å². The fourth-order valence-corrected chi connectivity index (χ4v) is 1.92. The first-order valence-corrected chi connectivity index (χ1v) is 6.22. The third kappa shape index (κ3) is 3.67. The van der Waals surface area contributed by atoms with Crippen LogP contribution in [0.3, 0.4) is 0 Å². The predicted octanol–water partition coefficient (Wildman–Crippen LogP) is 2.23. The summed E-state index contributed by atoms with van der Waals surface area (Å²) in [5, 5.41) is 22.0. The van der Waals surface area contributed by atoms with Gasteiger partial charge in [0.2, 0.25) is 0 Å². The second-order valence-corrected chi connectivity index (χ2v) is 4.45. The summed E-state index contributed by atoms with van der Waals surface area (Å²) >= 11 is 5.80. The molecule has 1 rings (SSSR count). The zero-order valence-corrected chi connectivity index (χ0v) is 11.4. The van der Waals surface area contributed by atoms with Crippen LogP contribution in [0.5, 0.6) is 0 Å². The number of carboxylic acid groups (broad SMARTS) is 1. The number of carboxylic acids is 1. The molecule has 1 amide bonds. The Hall–Kier alpha value is -2.15. The zero-order chi connectivity index (χ0) is 15.3. The first-order valence-electron chi connectivity index (χ1n) is 5.85. The quantitative estimate of drug-likeness (QED) is 0.618. The Morgan fingerprint density at radius 3 is 2.65 bits per heavy atom. The van der Waals surface area contributed by atoms with Gasteiger partial charge in [-0.15, -0.1) is 0 Å². The minimum atomic E-state index is -1.20. The molecule has 20 heavy (non-hydrogen) atoms. The van der Waals surface area contributed by atoms with Gasteiger partial charge >= 0.3 is 5.97 Å². The lowest BCUT2D eigenvalue weighted by Gasteiger charge is -2.14. The number of hydrogen-bond donors (Lipinski definition) is 2. The highest BCUT2D eigenvalue weighted by molar-refractivity contribution is 6.34. The van der Waals surface area contributed by atoms with Crippen molar-refractivity contribution in [2.24, 2.45) is 0 Å². The average molecular weight is 301 g/mol. The Labute approximate surface area is 119 Å². The van der Waals surface area contributed by atoms with Gasteiger partial charge in [0.1, 0.15) is 11.6 Å². The SMILES string of the molecule is CCCC(NC(=O)c1c(Cl)cccc1[N+](=O)[O-])C(=O)O. The third-order valence-electron chi connectivity index (χ3n) is 2.60. The Bertz CT molecular complexity index is 547. The molecule has 0 aliphatic rings. The van der Waals surface area contributed by atoms with E-state index in [1.807, 2.05) is 0 Å². The van der Waals surface area contributed by atoms with Gasteiger partial charge in [0.05, 0.1) is 9.95 Å². The summed E-state index contributed by atoms with van der Waals surface area (Å²) in [6.07, 6.45) is 0.765. The third-order valence-corrected chi connectivity index (χ3v) is 2.91. The number of nitro benzene ring substituents is 1. The molecule has 0 heterocycles. The van der Waals surface area contributed by atoms with Gasteiger partial charge in [0.25, 0.3) is 11.6 Å². The number of halogens is 1. The van der Waals surface area contributed by atoms with E-state index in [-0.39, 0.29) is 17.0 Å². The smallest absolute Gasteiger partial charge is 0.326 e. The van der Waals surface area contributed by atoms with E-state index >= 15 is 0 Å². The molecule has 8 heteroatoms. The van der Waals surface area contributed by atoms with Crippen LogP contribution in [0.4, 0.5) is 5.69 Å². The average Bonchev–Trinajstić information content (AvgIpc) is 2.37.